The quantitative estimate of drug-likeness (QED) is 0.329. The van der Waals surface area contributed by atoms with E-state index in [1.165, 1.54) is 4.88 Å². The van der Waals surface area contributed by atoms with Gasteiger partial charge in [-0.2, -0.15) is 0 Å². The Kier molecular flexibility index (Phi) is 10.3. The first kappa shape index (κ1) is 22.7. The number of thiophene rings is 1. The van der Waals surface area contributed by atoms with Crippen LogP contribution in [-0.2, 0) is 11.2 Å². The van der Waals surface area contributed by atoms with E-state index in [1.807, 2.05) is 18.7 Å². The Morgan fingerprint density at radius 1 is 1.48 bits per heavy atom. The number of carbonyl (C=O) groups excluding carboxylic acids is 1. The number of hydrogen-bond donors (Lipinski definition) is 2. The molecule has 8 heteroatoms. The van der Waals surface area contributed by atoms with Crippen LogP contribution in [0.25, 0.3) is 0 Å². The molecule has 1 aromatic heterocycles. The van der Waals surface area contributed by atoms with E-state index in [0.717, 1.165) is 48.8 Å². The molecular weight excluding hydrogens is 515 g/mol. The Morgan fingerprint density at radius 3 is 2.84 bits per heavy atom. The largest absolute Gasteiger partial charge is 0.357 e. The molecule has 0 aromatic carbocycles. The maximum absolute atomic E-state index is 12.1. The first-order chi connectivity index (χ1) is 11.5. The van der Waals surface area contributed by atoms with Crippen molar-refractivity contribution >= 4 is 63.1 Å². The first-order valence-electron chi connectivity index (χ1n) is 8.57. The van der Waals surface area contributed by atoms with Crippen LogP contribution in [0.2, 0.25) is 0 Å². The van der Waals surface area contributed by atoms with Crippen LogP contribution in [0.1, 0.15) is 32.1 Å². The number of halogens is 2. The number of nitrogens with one attached hydrogen (secondary N) is 2. The molecule has 0 aliphatic carbocycles. The second-order valence-corrected chi connectivity index (χ2v) is 8.83. The van der Waals surface area contributed by atoms with Gasteiger partial charge in [-0.3, -0.25) is 9.79 Å². The molecule has 0 spiro atoms. The van der Waals surface area contributed by atoms with Crippen molar-refractivity contribution in [2.24, 2.45) is 10.9 Å². The fourth-order valence-corrected chi connectivity index (χ4v) is 4.19. The van der Waals surface area contributed by atoms with Gasteiger partial charge in [0.25, 0.3) is 0 Å². The van der Waals surface area contributed by atoms with Crippen LogP contribution >= 0.6 is 51.2 Å². The van der Waals surface area contributed by atoms with Crippen molar-refractivity contribution in [2.45, 2.75) is 39.7 Å². The molecule has 1 aliphatic heterocycles. The number of hydrogen-bond acceptors (Lipinski definition) is 3. The lowest BCUT2D eigenvalue weighted by atomic mass is 10.2. The van der Waals surface area contributed by atoms with Crippen LogP contribution in [-0.4, -0.2) is 49.0 Å². The Hall–Kier alpha value is -0.350. The zero-order valence-corrected chi connectivity index (χ0v) is 19.8. The summed E-state index contributed by atoms with van der Waals surface area (Å²) in [4.78, 5) is 20.0. The average molecular weight is 543 g/mol. The van der Waals surface area contributed by atoms with Crippen molar-refractivity contribution in [3.8, 4) is 0 Å². The van der Waals surface area contributed by atoms with E-state index in [2.05, 4.69) is 50.6 Å². The van der Waals surface area contributed by atoms with Gasteiger partial charge >= 0.3 is 0 Å². The van der Waals surface area contributed by atoms with Gasteiger partial charge in [-0.05, 0) is 41.4 Å². The van der Waals surface area contributed by atoms with Gasteiger partial charge in [0.1, 0.15) is 0 Å². The minimum absolute atomic E-state index is 0. The Morgan fingerprint density at radius 2 is 2.24 bits per heavy atom. The number of guanidine groups is 1. The van der Waals surface area contributed by atoms with Gasteiger partial charge in [0.05, 0.1) is 3.79 Å². The molecule has 2 N–H and O–H groups in total. The predicted molar refractivity (Wildman–Crippen MR) is 120 cm³/mol. The summed E-state index contributed by atoms with van der Waals surface area (Å²) < 4.78 is 1.16. The van der Waals surface area contributed by atoms with Gasteiger partial charge in [-0.1, -0.05) is 13.8 Å². The molecule has 0 saturated carbocycles. The second-order valence-electron chi connectivity index (χ2n) is 6.29. The Labute approximate surface area is 180 Å². The number of nitrogens with zero attached hydrogens (tertiary/aromatic N) is 2. The van der Waals surface area contributed by atoms with Gasteiger partial charge in [-0.15, -0.1) is 35.3 Å². The summed E-state index contributed by atoms with van der Waals surface area (Å²) in [5, 5.41) is 6.77. The normalized spacial score (nSPS) is 17.6. The number of amides is 1. The fourth-order valence-electron chi connectivity index (χ4n) is 2.72. The van der Waals surface area contributed by atoms with Crippen LogP contribution in [0.5, 0.6) is 0 Å². The highest BCUT2D eigenvalue weighted by molar-refractivity contribution is 14.0. The zero-order chi connectivity index (χ0) is 17.5. The highest BCUT2D eigenvalue weighted by Gasteiger charge is 2.27. The lowest BCUT2D eigenvalue weighted by Gasteiger charge is -2.20. The van der Waals surface area contributed by atoms with Gasteiger partial charge in [-0.25, -0.2) is 0 Å². The highest BCUT2D eigenvalue weighted by atomic mass is 127. The van der Waals surface area contributed by atoms with E-state index in [1.54, 1.807) is 11.3 Å². The molecule has 2 rings (SSSR count). The summed E-state index contributed by atoms with van der Waals surface area (Å²) in [6.07, 6.45) is 1.91. The average Bonchev–Trinajstić information content (AvgIpc) is 3.16. The van der Waals surface area contributed by atoms with E-state index < -0.39 is 0 Å². The molecule has 1 aliphatic rings. The first-order valence-corrected chi connectivity index (χ1v) is 10.2. The van der Waals surface area contributed by atoms with E-state index >= 15 is 0 Å². The molecule has 25 heavy (non-hydrogen) atoms. The van der Waals surface area contributed by atoms with Crippen molar-refractivity contribution in [2.75, 3.05) is 26.2 Å². The van der Waals surface area contributed by atoms with Crippen LogP contribution < -0.4 is 10.6 Å². The summed E-state index contributed by atoms with van der Waals surface area (Å²) in [6, 6.07) is 4.49. The second kappa shape index (κ2) is 11.4. The molecule has 1 saturated heterocycles. The fraction of sp³-hybridized carbons (Fsp3) is 0.647. The van der Waals surface area contributed by atoms with Gasteiger partial charge in [0.2, 0.25) is 5.91 Å². The third kappa shape index (κ3) is 7.42. The molecule has 1 amide bonds. The number of aliphatic imine (C=N–C) groups is 1. The lowest BCUT2D eigenvalue weighted by Crippen LogP contribution is -2.45. The molecular formula is C17H28BrIN4OS. The molecule has 5 nitrogen and oxygen atoms in total. The van der Waals surface area contributed by atoms with Gasteiger partial charge in [0.15, 0.2) is 5.96 Å². The van der Waals surface area contributed by atoms with Crippen molar-refractivity contribution in [3.05, 3.63) is 20.8 Å². The van der Waals surface area contributed by atoms with Crippen LogP contribution in [0.3, 0.4) is 0 Å². The van der Waals surface area contributed by atoms with Crippen molar-refractivity contribution in [1.29, 1.82) is 0 Å². The molecule has 1 fully saturated rings. The molecule has 0 bridgehead atoms. The van der Waals surface area contributed by atoms with Crippen LogP contribution in [0.4, 0.5) is 0 Å². The maximum Gasteiger partial charge on any atom is 0.225 e. The minimum atomic E-state index is 0. The van der Waals surface area contributed by atoms with E-state index in [-0.39, 0.29) is 41.8 Å². The SMILES string of the molecule is CCNC(=NCCc1ccc(Br)s1)NC1CCN(C(=O)C(C)C)C1.I. The highest BCUT2D eigenvalue weighted by Crippen LogP contribution is 2.22. The topological polar surface area (TPSA) is 56.7 Å². The molecule has 142 valence electrons. The number of carbonyl (C=O) groups is 1. The lowest BCUT2D eigenvalue weighted by molar-refractivity contribution is -0.133. The van der Waals surface area contributed by atoms with E-state index in [4.69, 9.17) is 0 Å². The summed E-state index contributed by atoms with van der Waals surface area (Å²) in [7, 11) is 0. The van der Waals surface area contributed by atoms with E-state index in [0.29, 0.717) is 0 Å². The van der Waals surface area contributed by atoms with Crippen molar-refractivity contribution in [3.63, 3.8) is 0 Å². The summed E-state index contributed by atoms with van der Waals surface area (Å²) >= 11 is 5.24. The Bertz CT molecular complexity index is 579. The molecule has 1 unspecified atom stereocenters. The van der Waals surface area contributed by atoms with Crippen molar-refractivity contribution < 1.29 is 4.79 Å². The summed E-state index contributed by atoms with van der Waals surface area (Å²) in [5.41, 5.74) is 0. The van der Waals surface area contributed by atoms with E-state index in [9.17, 15) is 4.79 Å². The van der Waals surface area contributed by atoms with Crippen LogP contribution in [0, 0.1) is 5.92 Å². The molecule has 1 aromatic rings. The van der Waals surface area contributed by atoms with Gasteiger partial charge < -0.3 is 15.5 Å². The zero-order valence-electron chi connectivity index (χ0n) is 15.0. The molecule has 0 radical (unpaired) electrons. The maximum atomic E-state index is 12.1. The summed E-state index contributed by atoms with van der Waals surface area (Å²) in [6.45, 7) is 9.16. The smallest absolute Gasteiger partial charge is 0.225 e. The number of rotatable bonds is 6. The third-order valence-electron chi connectivity index (χ3n) is 3.94. The standard InChI is InChI=1S/C17H27BrN4OS.HI/c1-4-19-17(20-9-7-14-5-6-15(18)24-14)21-13-8-10-22(11-13)16(23)12(2)3;/h5-6,12-13H,4,7-11H2,1-3H3,(H2,19,20,21);1H. The Balaban J connectivity index is 0.00000312. The van der Waals surface area contributed by atoms with Crippen molar-refractivity contribution in [1.82, 2.24) is 15.5 Å². The monoisotopic (exact) mass is 542 g/mol. The predicted octanol–water partition coefficient (Wildman–Crippen LogP) is 3.48. The minimum Gasteiger partial charge on any atom is -0.357 e. The van der Waals surface area contributed by atoms with Gasteiger partial charge in [0, 0.05) is 49.4 Å². The molecule has 1 atom stereocenters. The molecule has 2 heterocycles. The van der Waals surface area contributed by atoms with Crippen LogP contribution in [0.15, 0.2) is 20.9 Å². The summed E-state index contributed by atoms with van der Waals surface area (Å²) in [5.74, 6) is 1.15. The number of likely N-dealkylation sites (tertiary alicyclic amines) is 1. The third-order valence-corrected chi connectivity index (χ3v) is 5.62.